The number of para-hydroxylation sites is 1. The van der Waals surface area contributed by atoms with E-state index in [-0.39, 0.29) is 11.1 Å². The Bertz CT molecular complexity index is 835. The first-order valence-corrected chi connectivity index (χ1v) is 9.66. The lowest BCUT2D eigenvalue weighted by atomic mass is 10.1. The maximum Gasteiger partial charge on any atom is 0.293 e. The molecule has 1 aromatic heterocycles. The second kappa shape index (κ2) is 7.48. The first-order valence-electron chi connectivity index (χ1n) is 8.84. The van der Waals surface area contributed by atoms with E-state index in [2.05, 4.69) is 43.7 Å². The molecule has 1 fully saturated rings. The lowest BCUT2D eigenvalue weighted by Crippen LogP contribution is -2.29. The van der Waals surface area contributed by atoms with Crippen LogP contribution >= 0.6 is 11.8 Å². The van der Waals surface area contributed by atoms with E-state index < -0.39 is 0 Å². The molecule has 1 saturated heterocycles. The number of fused-ring (bicyclic) bond motifs is 1. The van der Waals surface area contributed by atoms with E-state index in [4.69, 9.17) is 0 Å². The van der Waals surface area contributed by atoms with Crippen molar-refractivity contribution in [1.29, 1.82) is 0 Å². The molecule has 0 N–H and O–H groups in total. The Labute approximate surface area is 152 Å². The fourth-order valence-corrected chi connectivity index (χ4v) is 3.94. The zero-order valence-corrected chi connectivity index (χ0v) is 15.8. The molecular formula is C20H24N2O2S. The van der Waals surface area contributed by atoms with Crippen LogP contribution in [0.15, 0.2) is 35.4 Å². The third-order valence-corrected chi connectivity index (χ3v) is 5.18. The molecule has 0 atom stereocenters. The van der Waals surface area contributed by atoms with Crippen LogP contribution in [0.4, 0.5) is 4.79 Å². The van der Waals surface area contributed by atoms with Gasteiger partial charge in [0.25, 0.3) is 11.1 Å². The molecule has 2 amide bonds. The highest BCUT2D eigenvalue weighted by Gasteiger charge is 2.34. The van der Waals surface area contributed by atoms with Gasteiger partial charge in [-0.3, -0.25) is 14.5 Å². The van der Waals surface area contributed by atoms with E-state index in [9.17, 15) is 9.59 Å². The molecule has 0 radical (unpaired) electrons. The Morgan fingerprint density at radius 1 is 1.20 bits per heavy atom. The molecule has 3 rings (SSSR count). The van der Waals surface area contributed by atoms with Gasteiger partial charge in [0, 0.05) is 35.8 Å². The molecule has 25 heavy (non-hydrogen) atoms. The van der Waals surface area contributed by atoms with Crippen LogP contribution in [0.1, 0.15) is 39.2 Å². The highest BCUT2D eigenvalue weighted by atomic mass is 32.2. The molecule has 0 saturated carbocycles. The minimum Gasteiger partial charge on any atom is -0.347 e. The van der Waals surface area contributed by atoms with Gasteiger partial charge in [0.15, 0.2) is 0 Å². The monoisotopic (exact) mass is 356 g/mol. The van der Waals surface area contributed by atoms with Crippen LogP contribution in [-0.4, -0.2) is 27.2 Å². The van der Waals surface area contributed by atoms with Gasteiger partial charge >= 0.3 is 0 Å². The number of rotatable bonds is 6. The molecule has 0 aliphatic carbocycles. The van der Waals surface area contributed by atoms with Crippen molar-refractivity contribution in [3.63, 3.8) is 0 Å². The minimum atomic E-state index is -0.163. The number of carbonyl (C=O) groups is 2. The molecule has 1 aliphatic rings. The number of amides is 2. The zero-order chi connectivity index (χ0) is 18.0. The first kappa shape index (κ1) is 17.8. The molecule has 2 aromatic rings. The molecule has 1 aliphatic heterocycles. The van der Waals surface area contributed by atoms with Crippen LogP contribution in [0.3, 0.4) is 0 Å². The molecule has 4 nitrogen and oxygen atoms in total. The van der Waals surface area contributed by atoms with Crippen molar-refractivity contribution < 1.29 is 9.59 Å². The molecule has 132 valence electrons. The standard InChI is InChI=1S/C20H24N2O2S/c1-4-5-10-22-19(23)18(25-20(22)24)11-15-13-21(12-14(2)3)17-9-7-6-8-16(15)17/h6-9,11,13-14H,4-5,10,12H2,1-3H3/b18-11-. The van der Waals surface area contributed by atoms with Gasteiger partial charge in [0.2, 0.25) is 0 Å². The van der Waals surface area contributed by atoms with Gasteiger partial charge in [-0.15, -0.1) is 0 Å². The molecule has 2 heterocycles. The second-order valence-electron chi connectivity index (χ2n) is 6.83. The van der Waals surface area contributed by atoms with E-state index in [1.165, 1.54) is 4.90 Å². The lowest BCUT2D eigenvalue weighted by Gasteiger charge is -2.10. The molecule has 5 heteroatoms. The normalized spacial score (nSPS) is 16.8. The topological polar surface area (TPSA) is 42.3 Å². The highest BCUT2D eigenvalue weighted by molar-refractivity contribution is 8.18. The van der Waals surface area contributed by atoms with Crippen molar-refractivity contribution in [3.05, 3.63) is 40.9 Å². The summed E-state index contributed by atoms with van der Waals surface area (Å²) in [4.78, 5) is 26.6. The highest BCUT2D eigenvalue weighted by Crippen LogP contribution is 2.34. The van der Waals surface area contributed by atoms with E-state index >= 15 is 0 Å². The quantitative estimate of drug-likeness (QED) is 0.674. The number of aromatic nitrogens is 1. The first-order chi connectivity index (χ1) is 12.0. The van der Waals surface area contributed by atoms with Crippen molar-refractivity contribution in [3.8, 4) is 0 Å². The summed E-state index contributed by atoms with van der Waals surface area (Å²) in [6, 6.07) is 8.20. The summed E-state index contributed by atoms with van der Waals surface area (Å²) in [7, 11) is 0. The maximum absolute atomic E-state index is 12.6. The summed E-state index contributed by atoms with van der Waals surface area (Å²) in [6.07, 6.45) is 5.77. The Morgan fingerprint density at radius 3 is 2.68 bits per heavy atom. The average Bonchev–Trinajstić information content (AvgIpc) is 3.04. The molecular weight excluding hydrogens is 332 g/mol. The summed E-state index contributed by atoms with van der Waals surface area (Å²) in [5.74, 6) is 0.369. The summed E-state index contributed by atoms with van der Waals surface area (Å²) >= 11 is 1.05. The van der Waals surface area contributed by atoms with E-state index in [1.807, 2.05) is 18.2 Å². The third kappa shape index (κ3) is 3.66. The SMILES string of the molecule is CCCCN1C(=O)S/C(=C\c2cn(CC(C)C)c3ccccc23)C1=O. The second-order valence-corrected chi connectivity index (χ2v) is 7.83. The van der Waals surface area contributed by atoms with Crippen LogP contribution in [0.2, 0.25) is 0 Å². The summed E-state index contributed by atoms with van der Waals surface area (Å²) in [6.45, 7) is 7.86. The van der Waals surface area contributed by atoms with E-state index in [0.717, 1.165) is 47.6 Å². The van der Waals surface area contributed by atoms with Crippen molar-refractivity contribution in [2.45, 2.75) is 40.2 Å². The summed E-state index contributed by atoms with van der Waals surface area (Å²) in [5, 5.41) is 0.958. The smallest absolute Gasteiger partial charge is 0.293 e. The maximum atomic E-state index is 12.6. The van der Waals surface area contributed by atoms with Crippen LogP contribution in [0.5, 0.6) is 0 Å². The van der Waals surface area contributed by atoms with Crippen LogP contribution in [0.25, 0.3) is 17.0 Å². The van der Waals surface area contributed by atoms with Crippen molar-refractivity contribution >= 4 is 39.9 Å². The largest absolute Gasteiger partial charge is 0.347 e. The van der Waals surface area contributed by atoms with Gasteiger partial charge in [-0.25, -0.2) is 0 Å². The summed E-state index contributed by atoms with van der Waals surface area (Å²) in [5.41, 5.74) is 2.16. The number of unbranched alkanes of at least 4 members (excludes halogenated alkanes) is 1. The lowest BCUT2D eigenvalue weighted by molar-refractivity contribution is -0.122. The Hall–Kier alpha value is -2.01. The van der Waals surface area contributed by atoms with Crippen LogP contribution < -0.4 is 0 Å². The molecule has 1 aromatic carbocycles. The van der Waals surface area contributed by atoms with Crippen molar-refractivity contribution in [1.82, 2.24) is 9.47 Å². The number of thioether (sulfide) groups is 1. The van der Waals surface area contributed by atoms with Crippen LogP contribution in [0, 0.1) is 5.92 Å². The summed E-state index contributed by atoms with van der Waals surface area (Å²) < 4.78 is 2.23. The zero-order valence-electron chi connectivity index (χ0n) is 15.0. The Morgan fingerprint density at radius 2 is 1.96 bits per heavy atom. The van der Waals surface area contributed by atoms with Gasteiger partial charge in [0.1, 0.15) is 0 Å². The van der Waals surface area contributed by atoms with Gasteiger partial charge in [-0.05, 0) is 36.2 Å². The Kier molecular flexibility index (Phi) is 5.33. The number of nitrogens with zero attached hydrogens (tertiary/aromatic N) is 2. The van der Waals surface area contributed by atoms with Crippen molar-refractivity contribution in [2.75, 3.05) is 6.54 Å². The molecule has 0 unspecified atom stereocenters. The van der Waals surface area contributed by atoms with Crippen molar-refractivity contribution in [2.24, 2.45) is 5.92 Å². The van der Waals surface area contributed by atoms with E-state index in [0.29, 0.717) is 17.4 Å². The van der Waals surface area contributed by atoms with Gasteiger partial charge in [-0.2, -0.15) is 0 Å². The van der Waals surface area contributed by atoms with Gasteiger partial charge in [-0.1, -0.05) is 45.4 Å². The number of carbonyl (C=O) groups excluding carboxylic acids is 2. The molecule has 0 spiro atoms. The fourth-order valence-electron chi connectivity index (χ4n) is 3.08. The number of hydrogen-bond donors (Lipinski definition) is 0. The molecule has 0 bridgehead atoms. The predicted molar refractivity (Wildman–Crippen MR) is 104 cm³/mol. The predicted octanol–water partition coefficient (Wildman–Crippen LogP) is 5.13. The van der Waals surface area contributed by atoms with E-state index in [1.54, 1.807) is 0 Å². The number of imide groups is 1. The average molecular weight is 356 g/mol. The Balaban J connectivity index is 1.96. The number of benzene rings is 1. The minimum absolute atomic E-state index is 0.157. The third-order valence-electron chi connectivity index (χ3n) is 4.28. The van der Waals surface area contributed by atoms with Gasteiger partial charge < -0.3 is 4.57 Å². The van der Waals surface area contributed by atoms with Gasteiger partial charge in [0.05, 0.1) is 4.91 Å². The number of hydrogen-bond acceptors (Lipinski definition) is 3. The fraction of sp³-hybridized carbons (Fsp3) is 0.400. The van der Waals surface area contributed by atoms with Crippen LogP contribution in [-0.2, 0) is 11.3 Å².